The summed E-state index contributed by atoms with van der Waals surface area (Å²) < 4.78 is 16.9. The smallest absolute Gasteiger partial charge is 0.306 e. The second-order valence-corrected chi connectivity index (χ2v) is 5.61. The van der Waals surface area contributed by atoms with Crippen molar-refractivity contribution in [3.63, 3.8) is 0 Å². The Morgan fingerprint density at radius 2 is 2.20 bits per heavy atom. The predicted molar refractivity (Wildman–Crippen MR) is 78.8 cm³/mol. The van der Waals surface area contributed by atoms with Crippen molar-refractivity contribution in [1.29, 1.82) is 0 Å². The molecule has 0 spiro atoms. The second-order valence-electron chi connectivity index (χ2n) is 4.59. The Morgan fingerprint density at radius 3 is 2.70 bits per heavy atom. The Labute approximate surface area is 126 Å². The van der Waals surface area contributed by atoms with Crippen LogP contribution in [-0.4, -0.2) is 25.3 Å². The van der Waals surface area contributed by atoms with E-state index in [1.54, 1.807) is 7.11 Å². The lowest BCUT2D eigenvalue weighted by Gasteiger charge is -2.22. The average Bonchev–Trinajstić information content (AvgIpc) is 2.86. The number of hydrogen-bond acceptors (Lipinski definition) is 4. The van der Waals surface area contributed by atoms with Gasteiger partial charge in [-0.05, 0) is 24.1 Å². The maximum Gasteiger partial charge on any atom is 0.306 e. The van der Waals surface area contributed by atoms with E-state index >= 15 is 0 Å². The number of rotatable bonds is 6. The molecule has 4 nitrogen and oxygen atoms in total. The van der Waals surface area contributed by atoms with Gasteiger partial charge in [0.05, 0.1) is 13.7 Å². The fraction of sp³-hybridized carbons (Fsp3) is 0.400. The van der Waals surface area contributed by atoms with E-state index in [2.05, 4.69) is 22.5 Å². The van der Waals surface area contributed by atoms with Gasteiger partial charge in [-0.2, -0.15) is 0 Å². The number of benzene rings is 1. The minimum Gasteiger partial charge on any atom is -0.497 e. The first-order valence-electron chi connectivity index (χ1n) is 6.38. The highest BCUT2D eigenvalue weighted by atomic mass is 79.9. The third-order valence-electron chi connectivity index (χ3n) is 3.15. The Balaban J connectivity index is 1.94. The minimum absolute atomic E-state index is 0.179. The number of carbonyl (C=O) groups excluding carboxylic acids is 1. The summed E-state index contributed by atoms with van der Waals surface area (Å²) in [5, 5.41) is 0. The van der Waals surface area contributed by atoms with Gasteiger partial charge in [0.15, 0.2) is 0 Å². The molecule has 5 heteroatoms. The van der Waals surface area contributed by atoms with Gasteiger partial charge in [-0.15, -0.1) is 0 Å². The lowest BCUT2D eigenvalue weighted by atomic mass is 10.1. The van der Waals surface area contributed by atoms with Crippen LogP contribution >= 0.6 is 15.9 Å². The Hall–Kier alpha value is -1.33. The molecule has 1 aromatic carbocycles. The van der Waals surface area contributed by atoms with Crippen molar-refractivity contribution in [3.8, 4) is 5.75 Å². The standard InChI is InChI=1S/C15H17BrO4/c1-10(16)15(13-7-8-14(17)20-13)19-9-11-3-5-12(18-2)6-4-11/h3-6,13,15H,1,7-9H2,2H3/t13-,15-/m0/s1. The average molecular weight is 341 g/mol. The van der Waals surface area contributed by atoms with Crippen LogP contribution in [0, 0.1) is 0 Å². The van der Waals surface area contributed by atoms with E-state index in [0.29, 0.717) is 23.9 Å². The van der Waals surface area contributed by atoms with Crippen LogP contribution in [0.1, 0.15) is 18.4 Å². The molecule has 0 N–H and O–H groups in total. The van der Waals surface area contributed by atoms with Crippen LogP contribution in [0.15, 0.2) is 35.3 Å². The normalized spacial score (nSPS) is 19.5. The molecule has 1 aromatic rings. The largest absolute Gasteiger partial charge is 0.497 e. The summed E-state index contributed by atoms with van der Waals surface area (Å²) in [6, 6.07) is 7.64. The number of cyclic esters (lactones) is 1. The molecule has 1 aliphatic heterocycles. The lowest BCUT2D eigenvalue weighted by molar-refractivity contribution is -0.146. The molecule has 0 bridgehead atoms. The molecule has 0 aliphatic carbocycles. The first-order valence-corrected chi connectivity index (χ1v) is 7.17. The van der Waals surface area contributed by atoms with Crippen molar-refractivity contribution in [3.05, 3.63) is 40.9 Å². The molecule has 108 valence electrons. The molecule has 1 aliphatic rings. The lowest BCUT2D eigenvalue weighted by Crippen LogP contribution is -2.29. The number of halogens is 1. The Bertz CT molecular complexity index is 483. The molecule has 2 rings (SSSR count). The first kappa shape index (κ1) is 15.1. The van der Waals surface area contributed by atoms with Crippen molar-refractivity contribution >= 4 is 21.9 Å². The van der Waals surface area contributed by atoms with Crippen LogP contribution in [0.3, 0.4) is 0 Å². The van der Waals surface area contributed by atoms with E-state index in [-0.39, 0.29) is 18.2 Å². The van der Waals surface area contributed by atoms with Gasteiger partial charge in [0, 0.05) is 10.9 Å². The van der Waals surface area contributed by atoms with Gasteiger partial charge in [0.2, 0.25) is 0 Å². The highest BCUT2D eigenvalue weighted by Gasteiger charge is 2.32. The van der Waals surface area contributed by atoms with Gasteiger partial charge >= 0.3 is 5.97 Å². The predicted octanol–water partition coefficient (Wildman–Crippen LogP) is 3.19. The third-order valence-corrected chi connectivity index (χ3v) is 3.60. The van der Waals surface area contributed by atoms with Gasteiger partial charge < -0.3 is 14.2 Å². The van der Waals surface area contributed by atoms with Crippen LogP contribution in [0.2, 0.25) is 0 Å². The molecular weight excluding hydrogens is 324 g/mol. The van der Waals surface area contributed by atoms with Gasteiger partial charge in [-0.25, -0.2) is 0 Å². The minimum atomic E-state index is -0.330. The second kappa shape index (κ2) is 6.90. The molecule has 0 unspecified atom stereocenters. The molecule has 1 fully saturated rings. The summed E-state index contributed by atoms with van der Waals surface area (Å²) >= 11 is 3.34. The summed E-state index contributed by atoms with van der Waals surface area (Å²) in [6.45, 7) is 4.27. The molecule has 2 atom stereocenters. The zero-order chi connectivity index (χ0) is 14.5. The van der Waals surface area contributed by atoms with Crippen molar-refractivity contribution in [2.24, 2.45) is 0 Å². The Kier molecular flexibility index (Phi) is 5.20. The van der Waals surface area contributed by atoms with Crippen LogP contribution in [0.4, 0.5) is 0 Å². The monoisotopic (exact) mass is 340 g/mol. The van der Waals surface area contributed by atoms with E-state index in [1.807, 2.05) is 24.3 Å². The summed E-state index contributed by atoms with van der Waals surface area (Å²) in [6.07, 6.45) is 0.514. The quantitative estimate of drug-likeness (QED) is 0.746. The number of ether oxygens (including phenoxy) is 3. The van der Waals surface area contributed by atoms with Crippen LogP contribution < -0.4 is 4.74 Å². The first-order chi connectivity index (χ1) is 9.60. The zero-order valence-corrected chi connectivity index (χ0v) is 12.9. The van der Waals surface area contributed by atoms with Crippen LogP contribution in [-0.2, 0) is 20.9 Å². The fourth-order valence-corrected chi connectivity index (χ4v) is 2.49. The van der Waals surface area contributed by atoms with Crippen LogP contribution in [0.25, 0.3) is 0 Å². The topological polar surface area (TPSA) is 44.8 Å². The van der Waals surface area contributed by atoms with Crippen molar-refractivity contribution < 1.29 is 19.0 Å². The van der Waals surface area contributed by atoms with E-state index in [9.17, 15) is 4.79 Å². The van der Waals surface area contributed by atoms with Crippen molar-refractivity contribution in [1.82, 2.24) is 0 Å². The zero-order valence-electron chi connectivity index (χ0n) is 11.3. The summed E-state index contributed by atoms with van der Waals surface area (Å²) in [4.78, 5) is 11.2. The molecule has 1 saturated heterocycles. The molecular formula is C15H17BrO4. The maximum absolute atomic E-state index is 11.2. The third kappa shape index (κ3) is 3.84. The van der Waals surface area contributed by atoms with Gasteiger partial charge in [0.25, 0.3) is 0 Å². The summed E-state index contributed by atoms with van der Waals surface area (Å²) in [7, 11) is 1.63. The number of methoxy groups -OCH3 is 1. The van der Waals surface area contributed by atoms with E-state index in [0.717, 1.165) is 11.3 Å². The molecule has 0 saturated carbocycles. The van der Waals surface area contributed by atoms with Gasteiger partial charge in [-0.1, -0.05) is 34.6 Å². The number of esters is 1. The van der Waals surface area contributed by atoms with Crippen LogP contribution in [0.5, 0.6) is 5.75 Å². The molecule has 20 heavy (non-hydrogen) atoms. The number of carbonyl (C=O) groups is 1. The summed E-state index contributed by atoms with van der Waals surface area (Å²) in [5.74, 6) is 0.627. The molecule has 0 amide bonds. The SMILES string of the molecule is C=C(Br)[C@H](OCc1ccc(OC)cc1)[C@@H]1CCC(=O)O1. The number of hydrogen-bond donors (Lipinski definition) is 0. The van der Waals surface area contributed by atoms with Crippen molar-refractivity contribution in [2.75, 3.05) is 7.11 Å². The highest BCUT2D eigenvalue weighted by Crippen LogP contribution is 2.27. The van der Waals surface area contributed by atoms with Crippen molar-refractivity contribution in [2.45, 2.75) is 31.7 Å². The van der Waals surface area contributed by atoms with Gasteiger partial charge in [-0.3, -0.25) is 4.79 Å². The Morgan fingerprint density at radius 1 is 1.50 bits per heavy atom. The van der Waals surface area contributed by atoms with E-state index < -0.39 is 0 Å². The highest BCUT2D eigenvalue weighted by molar-refractivity contribution is 9.11. The molecule has 0 aromatic heterocycles. The van der Waals surface area contributed by atoms with E-state index in [4.69, 9.17) is 14.2 Å². The molecule has 0 radical (unpaired) electrons. The summed E-state index contributed by atoms with van der Waals surface area (Å²) in [5.41, 5.74) is 1.02. The molecule has 1 heterocycles. The van der Waals surface area contributed by atoms with Gasteiger partial charge in [0.1, 0.15) is 18.0 Å². The van der Waals surface area contributed by atoms with E-state index in [1.165, 1.54) is 0 Å². The fourth-order valence-electron chi connectivity index (χ4n) is 2.07. The maximum atomic E-state index is 11.2.